The molecule has 0 N–H and O–H groups in total. The molecule has 2 aliphatic rings. The molecule has 0 radical (unpaired) electrons. The summed E-state index contributed by atoms with van der Waals surface area (Å²) in [7, 11) is 0. The molecule has 2 rings (SSSR count). The zero-order valence-corrected chi connectivity index (χ0v) is 12.8. The number of piperidine rings is 1. The lowest BCUT2D eigenvalue weighted by Gasteiger charge is -2.47. The van der Waals surface area contributed by atoms with Crippen molar-refractivity contribution in [1.29, 1.82) is 0 Å². The van der Waals surface area contributed by atoms with Crippen LogP contribution in [0.25, 0.3) is 0 Å². The van der Waals surface area contributed by atoms with Gasteiger partial charge in [0.15, 0.2) is 0 Å². The van der Waals surface area contributed by atoms with Crippen molar-refractivity contribution in [3.8, 4) is 0 Å². The highest BCUT2D eigenvalue weighted by atomic mass is 16.2. The molecule has 2 atom stereocenters. The molecular formula is C15H28N2O. The number of carbonyl (C=O) groups is 1. The maximum Gasteiger partial charge on any atom is 0.223 e. The molecule has 0 spiro atoms. The molecule has 0 bridgehead atoms. The van der Waals surface area contributed by atoms with Gasteiger partial charge in [-0.2, -0.15) is 0 Å². The van der Waals surface area contributed by atoms with Crippen molar-refractivity contribution >= 4 is 5.91 Å². The van der Waals surface area contributed by atoms with Crippen LogP contribution in [0, 0.1) is 5.92 Å². The first-order valence-electron chi connectivity index (χ1n) is 7.18. The summed E-state index contributed by atoms with van der Waals surface area (Å²) in [5.74, 6) is 0.926. The SMILES string of the molecule is CC(C)(C)N1CC2C(CCN2C(C)(C)C)CC1=O. The van der Waals surface area contributed by atoms with E-state index in [0.29, 0.717) is 17.9 Å². The highest BCUT2D eigenvalue weighted by molar-refractivity contribution is 5.78. The number of amides is 1. The third kappa shape index (κ3) is 2.42. The van der Waals surface area contributed by atoms with Crippen LogP contribution in [0.1, 0.15) is 54.4 Å². The van der Waals surface area contributed by atoms with Gasteiger partial charge in [-0.25, -0.2) is 0 Å². The fourth-order valence-electron chi connectivity index (χ4n) is 3.51. The van der Waals surface area contributed by atoms with E-state index >= 15 is 0 Å². The van der Waals surface area contributed by atoms with E-state index in [9.17, 15) is 4.79 Å². The number of hydrogen-bond acceptors (Lipinski definition) is 2. The third-order valence-electron chi connectivity index (χ3n) is 4.46. The van der Waals surface area contributed by atoms with Gasteiger partial charge in [0.25, 0.3) is 0 Å². The van der Waals surface area contributed by atoms with Crippen molar-refractivity contribution in [2.45, 2.75) is 71.5 Å². The predicted octanol–water partition coefficient (Wildman–Crippen LogP) is 2.51. The molecule has 0 aliphatic carbocycles. The molecule has 0 aromatic carbocycles. The average Bonchev–Trinajstić information content (AvgIpc) is 2.56. The van der Waals surface area contributed by atoms with E-state index < -0.39 is 0 Å². The molecule has 3 heteroatoms. The van der Waals surface area contributed by atoms with Crippen LogP contribution >= 0.6 is 0 Å². The van der Waals surface area contributed by atoms with Gasteiger partial charge >= 0.3 is 0 Å². The molecule has 0 aromatic rings. The molecule has 1 amide bonds. The molecule has 18 heavy (non-hydrogen) atoms. The number of carbonyl (C=O) groups excluding carboxylic acids is 1. The lowest BCUT2D eigenvalue weighted by atomic mass is 9.88. The van der Waals surface area contributed by atoms with Crippen LogP contribution in [-0.2, 0) is 4.79 Å². The minimum atomic E-state index is -0.0474. The Morgan fingerprint density at radius 3 is 2.17 bits per heavy atom. The maximum absolute atomic E-state index is 12.2. The second-order valence-electron chi connectivity index (χ2n) is 7.86. The second kappa shape index (κ2) is 4.22. The van der Waals surface area contributed by atoms with Gasteiger partial charge in [-0.3, -0.25) is 9.69 Å². The number of likely N-dealkylation sites (tertiary alicyclic amines) is 2. The van der Waals surface area contributed by atoms with Crippen molar-refractivity contribution in [1.82, 2.24) is 9.80 Å². The van der Waals surface area contributed by atoms with Gasteiger partial charge in [0, 0.05) is 30.1 Å². The van der Waals surface area contributed by atoms with Gasteiger partial charge in [-0.05, 0) is 60.4 Å². The summed E-state index contributed by atoms with van der Waals surface area (Å²) in [6.07, 6.45) is 1.93. The summed E-state index contributed by atoms with van der Waals surface area (Å²) in [6, 6.07) is 0.557. The largest absolute Gasteiger partial charge is 0.336 e. The van der Waals surface area contributed by atoms with E-state index in [2.05, 4.69) is 51.3 Å². The molecule has 0 saturated carbocycles. The van der Waals surface area contributed by atoms with Crippen LogP contribution in [0.2, 0.25) is 0 Å². The minimum Gasteiger partial charge on any atom is -0.336 e. The first kappa shape index (κ1) is 13.9. The van der Waals surface area contributed by atoms with Crippen LogP contribution in [-0.4, -0.2) is 45.9 Å². The maximum atomic E-state index is 12.2. The number of fused-ring (bicyclic) bond motifs is 1. The van der Waals surface area contributed by atoms with E-state index in [1.54, 1.807) is 0 Å². The highest BCUT2D eigenvalue weighted by Gasteiger charge is 2.46. The van der Waals surface area contributed by atoms with Crippen LogP contribution in [0.5, 0.6) is 0 Å². The quantitative estimate of drug-likeness (QED) is 0.661. The Hall–Kier alpha value is -0.570. The van der Waals surface area contributed by atoms with Gasteiger partial charge in [-0.1, -0.05) is 0 Å². The molecule has 2 heterocycles. The van der Waals surface area contributed by atoms with Crippen molar-refractivity contribution in [2.24, 2.45) is 5.92 Å². The lowest BCUT2D eigenvalue weighted by Crippen LogP contribution is -2.59. The zero-order chi connectivity index (χ0) is 13.7. The molecular weight excluding hydrogens is 224 g/mol. The monoisotopic (exact) mass is 252 g/mol. The first-order valence-corrected chi connectivity index (χ1v) is 7.18. The van der Waals surface area contributed by atoms with Crippen molar-refractivity contribution in [2.75, 3.05) is 13.1 Å². The number of hydrogen-bond donors (Lipinski definition) is 0. The Kier molecular flexibility index (Phi) is 3.25. The molecule has 104 valence electrons. The van der Waals surface area contributed by atoms with Gasteiger partial charge in [0.05, 0.1) is 0 Å². The summed E-state index contributed by atoms with van der Waals surface area (Å²) in [6.45, 7) is 15.3. The fraction of sp³-hybridized carbons (Fsp3) is 0.933. The molecule has 2 aliphatic heterocycles. The van der Waals surface area contributed by atoms with E-state index in [-0.39, 0.29) is 11.1 Å². The lowest BCUT2D eigenvalue weighted by molar-refractivity contribution is -0.143. The molecule has 0 aromatic heterocycles. The molecule has 2 unspecified atom stereocenters. The Morgan fingerprint density at radius 2 is 1.67 bits per heavy atom. The minimum absolute atomic E-state index is 0.0474. The number of rotatable bonds is 0. The van der Waals surface area contributed by atoms with Gasteiger partial charge in [0.2, 0.25) is 5.91 Å². The summed E-state index contributed by atoms with van der Waals surface area (Å²) >= 11 is 0. The Morgan fingerprint density at radius 1 is 1.06 bits per heavy atom. The van der Waals surface area contributed by atoms with E-state index in [1.165, 1.54) is 6.42 Å². The Labute approximate surface area is 112 Å². The summed E-state index contributed by atoms with van der Waals surface area (Å²) in [4.78, 5) is 16.9. The van der Waals surface area contributed by atoms with Crippen LogP contribution in [0.3, 0.4) is 0 Å². The van der Waals surface area contributed by atoms with Crippen LogP contribution in [0.4, 0.5) is 0 Å². The standard InChI is InChI=1S/C15H28N2O/c1-14(2,3)16-8-7-11-9-13(18)17(10-12(11)16)15(4,5)6/h11-12H,7-10H2,1-6H3. The van der Waals surface area contributed by atoms with Gasteiger partial charge in [-0.15, -0.1) is 0 Å². The zero-order valence-electron chi connectivity index (χ0n) is 12.8. The first-order chi connectivity index (χ1) is 8.10. The summed E-state index contributed by atoms with van der Waals surface area (Å²) in [5, 5.41) is 0. The van der Waals surface area contributed by atoms with Crippen LogP contribution in [0.15, 0.2) is 0 Å². The summed E-state index contributed by atoms with van der Waals surface area (Å²) < 4.78 is 0. The fourth-order valence-corrected chi connectivity index (χ4v) is 3.51. The van der Waals surface area contributed by atoms with E-state index in [4.69, 9.17) is 0 Å². The molecule has 2 saturated heterocycles. The topological polar surface area (TPSA) is 23.6 Å². The third-order valence-corrected chi connectivity index (χ3v) is 4.46. The van der Waals surface area contributed by atoms with Crippen molar-refractivity contribution in [3.05, 3.63) is 0 Å². The van der Waals surface area contributed by atoms with E-state index in [0.717, 1.165) is 19.5 Å². The second-order valence-corrected chi connectivity index (χ2v) is 7.86. The summed E-state index contributed by atoms with van der Waals surface area (Å²) in [5.41, 5.74) is 0.164. The Bertz CT molecular complexity index is 337. The molecule has 2 fully saturated rings. The van der Waals surface area contributed by atoms with Crippen molar-refractivity contribution in [3.63, 3.8) is 0 Å². The smallest absolute Gasteiger partial charge is 0.223 e. The normalized spacial score (nSPS) is 30.8. The van der Waals surface area contributed by atoms with E-state index in [1.807, 2.05) is 0 Å². The number of nitrogens with zero attached hydrogens (tertiary/aromatic N) is 2. The predicted molar refractivity (Wildman–Crippen MR) is 74.4 cm³/mol. The van der Waals surface area contributed by atoms with Crippen molar-refractivity contribution < 1.29 is 4.79 Å². The van der Waals surface area contributed by atoms with Crippen LogP contribution < -0.4 is 0 Å². The van der Waals surface area contributed by atoms with Gasteiger partial charge < -0.3 is 4.90 Å². The Balaban J connectivity index is 2.19. The highest BCUT2D eigenvalue weighted by Crippen LogP contribution is 2.38. The average molecular weight is 252 g/mol. The molecule has 3 nitrogen and oxygen atoms in total. The van der Waals surface area contributed by atoms with Gasteiger partial charge in [0.1, 0.15) is 0 Å².